The maximum absolute atomic E-state index is 12.1. The van der Waals surface area contributed by atoms with Crippen molar-refractivity contribution in [1.29, 1.82) is 0 Å². The molecule has 1 fully saturated rings. The molecule has 9 heteroatoms. The summed E-state index contributed by atoms with van der Waals surface area (Å²) in [6.45, 7) is 0. The fourth-order valence-electron chi connectivity index (χ4n) is 2.46. The number of thioether (sulfide) groups is 1. The van der Waals surface area contributed by atoms with E-state index in [0.29, 0.717) is 16.4 Å². The molecule has 3 rings (SSSR count). The minimum Gasteiger partial charge on any atom is -0.465 e. The smallest absolute Gasteiger partial charge is 0.337 e. The van der Waals surface area contributed by atoms with Crippen LogP contribution in [-0.2, 0) is 14.3 Å². The van der Waals surface area contributed by atoms with Crippen molar-refractivity contribution in [2.24, 2.45) is 10.2 Å². The normalized spacial score (nSPS) is 17.3. The maximum Gasteiger partial charge on any atom is 0.337 e. The zero-order chi connectivity index (χ0) is 20.6. The molecule has 1 aliphatic heterocycles. The molecule has 1 unspecified atom stereocenters. The van der Waals surface area contributed by atoms with Crippen molar-refractivity contribution in [3.63, 3.8) is 0 Å². The number of methoxy groups -OCH3 is 1. The van der Waals surface area contributed by atoms with Crippen molar-refractivity contribution in [2.45, 2.75) is 11.7 Å². The van der Waals surface area contributed by atoms with Crippen LogP contribution in [0.1, 0.15) is 22.3 Å². The van der Waals surface area contributed by atoms with Crippen molar-refractivity contribution in [1.82, 2.24) is 5.32 Å². The molecule has 1 heterocycles. The largest absolute Gasteiger partial charge is 0.465 e. The van der Waals surface area contributed by atoms with Gasteiger partial charge in [0.25, 0.3) is 0 Å². The highest BCUT2D eigenvalue weighted by molar-refractivity contribution is 8.15. The van der Waals surface area contributed by atoms with Crippen molar-refractivity contribution in [3.8, 4) is 0 Å². The highest BCUT2D eigenvalue weighted by atomic mass is 32.2. The summed E-state index contributed by atoms with van der Waals surface area (Å²) in [6.07, 6.45) is 1.53. The van der Waals surface area contributed by atoms with E-state index in [1.54, 1.807) is 36.4 Å². The number of nitrogens with one attached hydrogen (secondary N) is 2. The second-order valence-corrected chi connectivity index (χ2v) is 7.17. The molecule has 8 nitrogen and oxygen atoms in total. The highest BCUT2D eigenvalue weighted by Crippen LogP contribution is 2.23. The lowest BCUT2D eigenvalue weighted by atomic mass is 10.1. The number of anilines is 1. The Bertz CT molecular complexity index is 958. The van der Waals surface area contributed by atoms with E-state index in [0.717, 1.165) is 17.3 Å². The number of carbonyl (C=O) groups is 3. The number of para-hydroxylation sites is 1. The minimum atomic E-state index is -0.563. The molecule has 0 bridgehead atoms. The molecule has 0 saturated carbocycles. The first-order chi connectivity index (χ1) is 14.0. The van der Waals surface area contributed by atoms with Crippen LogP contribution in [0.25, 0.3) is 0 Å². The minimum absolute atomic E-state index is 0.0309. The molecule has 2 aromatic rings. The molecule has 0 spiro atoms. The van der Waals surface area contributed by atoms with Crippen LogP contribution in [-0.4, -0.2) is 41.5 Å². The fraction of sp³-hybridized carbons (Fsp3) is 0.150. The van der Waals surface area contributed by atoms with Crippen LogP contribution in [0.15, 0.2) is 64.8 Å². The molecular weight excluding hydrogens is 392 g/mol. The Morgan fingerprint density at radius 3 is 2.59 bits per heavy atom. The molecule has 29 heavy (non-hydrogen) atoms. The lowest BCUT2D eigenvalue weighted by Crippen LogP contribution is -2.28. The summed E-state index contributed by atoms with van der Waals surface area (Å²) in [5, 5.41) is 13.0. The number of esters is 1. The average molecular weight is 410 g/mol. The Morgan fingerprint density at radius 1 is 1.17 bits per heavy atom. The van der Waals surface area contributed by atoms with E-state index in [-0.39, 0.29) is 18.2 Å². The number of ether oxygens (including phenoxy) is 1. The third-order valence-corrected chi connectivity index (χ3v) is 4.96. The number of nitrogens with zero attached hydrogens (tertiary/aromatic N) is 2. The second-order valence-electron chi connectivity index (χ2n) is 5.98. The third kappa shape index (κ3) is 5.76. The summed E-state index contributed by atoms with van der Waals surface area (Å²) in [6, 6.07) is 15.7. The van der Waals surface area contributed by atoms with Crippen molar-refractivity contribution in [3.05, 3.63) is 65.7 Å². The van der Waals surface area contributed by atoms with E-state index in [4.69, 9.17) is 0 Å². The van der Waals surface area contributed by atoms with E-state index in [1.807, 2.05) is 18.2 Å². The van der Waals surface area contributed by atoms with Gasteiger partial charge in [0.05, 0.1) is 18.9 Å². The predicted molar refractivity (Wildman–Crippen MR) is 112 cm³/mol. The number of carbonyl (C=O) groups excluding carboxylic acids is 3. The topological polar surface area (TPSA) is 109 Å². The van der Waals surface area contributed by atoms with Gasteiger partial charge in [-0.15, -0.1) is 5.10 Å². The molecule has 2 N–H and O–H groups in total. The van der Waals surface area contributed by atoms with Crippen LogP contribution in [0.3, 0.4) is 0 Å². The van der Waals surface area contributed by atoms with Crippen LogP contribution in [0.4, 0.5) is 5.69 Å². The van der Waals surface area contributed by atoms with Gasteiger partial charge in [-0.2, -0.15) is 5.10 Å². The average Bonchev–Trinajstić information content (AvgIpc) is 3.07. The molecule has 1 atom stereocenters. The first-order valence-electron chi connectivity index (χ1n) is 8.67. The first-order valence-corrected chi connectivity index (χ1v) is 9.55. The lowest BCUT2D eigenvalue weighted by molar-refractivity contribution is -0.122. The Morgan fingerprint density at radius 2 is 1.90 bits per heavy atom. The number of amides is 2. The van der Waals surface area contributed by atoms with Crippen molar-refractivity contribution in [2.75, 3.05) is 12.4 Å². The van der Waals surface area contributed by atoms with E-state index >= 15 is 0 Å². The zero-order valence-corrected chi connectivity index (χ0v) is 16.3. The number of rotatable bonds is 6. The van der Waals surface area contributed by atoms with Gasteiger partial charge in [-0.25, -0.2) is 4.79 Å². The SMILES string of the molecule is COC(=O)c1ccc(/C=N/N=C2\NC(=O)C(CC(=O)Nc3ccccc3)S2)cc1. The summed E-state index contributed by atoms with van der Waals surface area (Å²) >= 11 is 1.16. The van der Waals surface area contributed by atoms with Crippen LogP contribution in [0.2, 0.25) is 0 Å². The molecule has 2 aromatic carbocycles. The van der Waals surface area contributed by atoms with Gasteiger partial charge in [-0.3, -0.25) is 9.59 Å². The van der Waals surface area contributed by atoms with E-state index in [2.05, 4.69) is 25.6 Å². The van der Waals surface area contributed by atoms with E-state index in [1.165, 1.54) is 13.3 Å². The van der Waals surface area contributed by atoms with Gasteiger partial charge in [-0.05, 0) is 29.8 Å². The molecule has 148 valence electrons. The summed E-state index contributed by atoms with van der Waals surface area (Å²) < 4.78 is 4.64. The predicted octanol–water partition coefficient (Wildman–Crippen LogP) is 2.42. The lowest BCUT2D eigenvalue weighted by Gasteiger charge is -2.06. The van der Waals surface area contributed by atoms with E-state index in [9.17, 15) is 14.4 Å². The fourth-order valence-corrected chi connectivity index (χ4v) is 3.38. The molecular formula is C20H18N4O4S. The van der Waals surface area contributed by atoms with Crippen molar-refractivity contribution >= 4 is 46.6 Å². The van der Waals surface area contributed by atoms with Gasteiger partial charge < -0.3 is 15.4 Å². The summed E-state index contributed by atoms with van der Waals surface area (Å²) in [4.78, 5) is 35.6. The number of benzene rings is 2. The third-order valence-electron chi connectivity index (χ3n) is 3.89. The molecule has 2 amide bonds. The number of hydrogen-bond donors (Lipinski definition) is 2. The standard InChI is InChI=1S/C20H18N4O4S/c1-28-19(27)14-9-7-13(8-10-14)12-21-24-20-23-18(26)16(29-20)11-17(25)22-15-5-3-2-4-6-15/h2-10,12,16H,11H2,1H3,(H,22,25)(H,23,24,26)/b21-12+. The Labute approximate surface area is 171 Å². The summed E-state index contributed by atoms with van der Waals surface area (Å²) in [5.74, 6) is -0.949. The van der Waals surface area contributed by atoms with Gasteiger partial charge in [0, 0.05) is 12.1 Å². The monoisotopic (exact) mass is 410 g/mol. The Kier molecular flexibility index (Phi) is 6.75. The zero-order valence-electron chi connectivity index (χ0n) is 15.5. The van der Waals surface area contributed by atoms with Gasteiger partial charge in [0.2, 0.25) is 11.8 Å². The first kappa shape index (κ1) is 20.3. The Hall–Kier alpha value is -3.46. The van der Waals surface area contributed by atoms with Gasteiger partial charge in [0.1, 0.15) is 5.25 Å². The number of amidine groups is 1. The van der Waals surface area contributed by atoms with E-state index < -0.39 is 11.2 Å². The Balaban J connectivity index is 1.54. The van der Waals surface area contributed by atoms with Gasteiger partial charge in [0.15, 0.2) is 5.17 Å². The van der Waals surface area contributed by atoms with Crippen LogP contribution >= 0.6 is 11.8 Å². The van der Waals surface area contributed by atoms with Crippen LogP contribution < -0.4 is 10.6 Å². The molecule has 0 radical (unpaired) electrons. The summed E-state index contributed by atoms with van der Waals surface area (Å²) in [5.41, 5.74) is 1.85. The maximum atomic E-state index is 12.1. The van der Waals surface area contributed by atoms with Crippen LogP contribution in [0, 0.1) is 0 Å². The van der Waals surface area contributed by atoms with Gasteiger partial charge in [-0.1, -0.05) is 42.1 Å². The molecule has 1 saturated heterocycles. The molecule has 1 aliphatic rings. The van der Waals surface area contributed by atoms with Gasteiger partial charge >= 0.3 is 5.97 Å². The quantitative estimate of drug-likeness (QED) is 0.432. The van der Waals surface area contributed by atoms with Crippen molar-refractivity contribution < 1.29 is 19.1 Å². The second kappa shape index (κ2) is 9.65. The molecule has 0 aliphatic carbocycles. The number of hydrogen-bond acceptors (Lipinski definition) is 7. The summed E-state index contributed by atoms with van der Waals surface area (Å²) in [7, 11) is 1.32. The highest BCUT2D eigenvalue weighted by Gasteiger charge is 2.32. The van der Waals surface area contributed by atoms with Crippen LogP contribution in [0.5, 0.6) is 0 Å². The molecule has 0 aromatic heterocycles.